The fourth-order valence-electron chi connectivity index (χ4n) is 3.09. The third-order valence-electron chi connectivity index (χ3n) is 4.61. The summed E-state index contributed by atoms with van der Waals surface area (Å²) >= 11 is 1.45. The Hall–Kier alpha value is -1.89. The van der Waals surface area contributed by atoms with Gasteiger partial charge in [-0.15, -0.1) is 10.2 Å². The summed E-state index contributed by atoms with van der Waals surface area (Å²) in [4.78, 5) is 18.4. The number of aromatic nitrogens is 4. The van der Waals surface area contributed by atoms with Crippen LogP contribution in [0.5, 0.6) is 0 Å². The van der Waals surface area contributed by atoms with E-state index in [1.165, 1.54) is 31.0 Å². The van der Waals surface area contributed by atoms with Gasteiger partial charge in [0, 0.05) is 38.1 Å². The summed E-state index contributed by atoms with van der Waals surface area (Å²) in [5.74, 6) is 1.35. The van der Waals surface area contributed by atoms with Crippen LogP contribution in [0.3, 0.4) is 0 Å². The summed E-state index contributed by atoms with van der Waals surface area (Å²) in [5, 5.41) is 9.22. The molecule has 3 rings (SSSR count). The molecule has 24 heavy (non-hydrogen) atoms. The number of pyridine rings is 1. The van der Waals surface area contributed by atoms with Crippen LogP contribution in [0.4, 0.5) is 0 Å². The van der Waals surface area contributed by atoms with Gasteiger partial charge < -0.3 is 9.47 Å². The smallest absolute Gasteiger partial charge is 0.233 e. The first-order valence-corrected chi connectivity index (χ1v) is 9.33. The number of carbonyl (C=O) groups is 1. The van der Waals surface area contributed by atoms with Crippen molar-refractivity contribution in [3.05, 3.63) is 24.5 Å². The van der Waals surface area contributed by atoms with Crippen LogP contribution in [0.2, 0.25) is 0 Å². The lowest BCUT2D eigenvalue weighted by atomic mass is 9.94. The van der Waals surface area contributed by atoms with E-state index in [1.807, 2.05) is 35.7 Å². The monoisotopic (exact) mass is 345 g/mol. The summed E-state index contributed by atoms with van der Waals surface area (Å²) in [6, 6.07) is 4.21. The zero-order chi connectivity index (χ0) is 16.9. The Balaban J connectivity index is 1.60. The maximum absolute atomic E-state index is 12.4. The fraction of sp³-hybridized carbons (Fsp3) is 0.529. The van der Waals surface area contributed by atoms with Gasteiger partial charge >= 0.3 is 0 Å². The first-order chi connectivity index (χ1) is 11.7. The van der Waals surface area contributed by atoms with E-state index >= 15 is 0 Å². The number of rotatable bonds is 5. The Kier molecular flexibility index (Phi) is 5.50. The van der Waals surface area contributed by atoms with Gasteiger partial charge in [-0.1, -0.05) is 31.0 Å². The number of amides is 1. The summed E-state index contributed by atoms with van der Waals surface area (Å²) in [7, 11) is 3.85. The Labute approximate surface area is 146 Å². The van der Waals surface area contributed by atoms with Crippen molar-refractivity contribution < 1.29 is 4.79 Å². The average Bonchev–Trinajstić information content (AvgIpc) is 3.01. The molecular weight excluding hydrogens is 322 g/mol. The van der Waals surface area contributed by atoms with Gasteiger partial charge in [0.15, 0.2) is 11.0 Å². The number of nitrogens with zero attached hydrogens (tertiary/aromatic N) is 5. The molecule has 1 saturated carbocycles. The number of thioether (sulfide) groups is 1. The predicted molar refractivity (Wildman–Crippen MR) is 94.6 cm³/mol. The molecule has 2 aromatic heterocycles. The molecule has 0 unspecified atom stereocenters. The van der Waals surface area contributed by atoms with E-state index in [0.717, 1.165) is 29.4 Å². The van der Waals surface area contributed by atoms with Crippen molar-refractivity contribution in [2.24, 2.45) is 7.05 Å². The van der Waals surface area contributed by atoms with Crippen molar-refractivity contribution in [3.8, 4) is 11.4 Å². The minimum Gasteiger partial charge on any atom is -0.342 e. The Morgan fingerprint density at radius 3 is 2.67 bits per heavy atom. The maximum Gasteiger partial charge on any atom is 0.233 e. The SMILES string of the molecule is CN(C(=O)CSc1nnc(-c2ccncc2)n1C)C1CCCCC1. The number of carbonyl (C=O) groups excluding carboxylic acids is 1. The van der Waals surface area contributed by atoms with Crippen LogP contribution >= 0.6 is 11.8 Å². The van der Waals surface area contributed by atoms with Crippen molar-refractivity contribution >= 4 is 17.7 Å². The van der Waals surface area contributed by atoms with Gasteiger partial charge in [-0.25, -0.2) is 0 Å². The van der Waals surface area contributed by atoms with Gasteiger partial charge in [-0.3, -0.25) is 9.78 Å². The molecular formula is C17H23N5OS. The van der Waals surface area contributed by atoms with E-state index in [2.05, 4.69) is 15.2 Å². The predicted octanol–water partition coefficient (Wildman–Crippen LogP) is 2.76. The van der Waals surface area contributed by atoms with Gasteiger partial charge in [0.25, 0.3) is 0 Å². The highest BCUT2D eigenvalue weighted by atomic mass is 32.2. The maximum atomic E-state index is 12.4. The highest BCUT2D eigenvalue weighted by Gasteiger charge is 2.22. The van der Waals surface area contributed by atoms with E-state index in [-0.39, 0.29) is 5.91 Å². The third kappa shape index (κ3) is 3.77. The topological polar surface area (TPSA) is 63.9 Å². The van der Waals surface area contributed by atoms with Crippen molar-refractivity contribution in [2.45, 2.75) is 43.3 Å². The molecule has 1 aliphatic carbocycles. The molecule has 0 bridgehead atoms. The lowest BCUT2D eigenvalue weighted by Gasteiger charge is -2.31. The second kappa shape index (κ2) is 7.79. The van der Waals surface area contributed by atoms with Gasteiger partial charge in [0.05, 0.1) is 5.75 Å². The Morgan fingerprint density at radius 1 is 1.25 bits per heavy atom. The summed E-state index contributed by atoms with van der Waals surface area (Å²) in [6.45, 7) is 0. The van der Waals surface area contributed by atoms with Crippen molar-refractivity contribution in [3.63, 3.8) is 0 Å². The molecule has 128 valence electrons. The van der Waals surface area contributed by atoms with Crippen molar-refractivity contribution in [1.29, 1.82) is 0 Å². The minimum absolute atomic E-state index is 0.167. The van der Waals surface area contributed by atoms with Crippen LogP contribution in [-0.2, 0) is 11.8 Å². The summed E-state index contributed by atoms with van der Waals surface area (Å²) in [5.41, 5.74) is 0.970. The van der Waals surface area contributed by atoms with Crippen LogP contribution in [0.25, 0.3) is 11.4 Å². The molecule has 7 heteroatoms. The molecule has 0 saturated heterocycles. The molecule has 0 radical (unpaired) electrons. The zero-order valence-electron chi connectivity index (χ0n) is 14.2. The largest absolute Gasteiger partial charge is 0.342 e. The normalized spacial score (nSPS) is 15.4. The van der Waals surface area contributed by atoms with Crippen molar-refractivity contribution in [2.75, 3.05) is 12.8 Å². The van der Waals surface area contributed by atoms with Crippen molar-refractivity contribution in [1.82, 2.24) is 24.6 Å². The van der Waals surface area contributed by atoms with Gasteiger partial charge in [0.1, 0.15) is 0 Å². The van der Waals surface area contributed by atoms with Gasteiger partial charge in [0.2, 0.25) is 5.91 Å². The molecule has 1 amide bonds. The first kappa shape index (κ1) is 17.0. The highest BCUT2D eigenvalue weighted by molar-refractivity contribution is 7.99. The van der Waals surface area contributed by atoms with Crippen LogP contribution in [0, 0.1) is 0 Å². The molecule has 2 aromatic rings. The number of hydrogen-bond acceptors (Lipinski definition) is 5. The van der Waals surface area contributed by atoms with Gasteiger partial charge in [-0.2, -0.15) is 0 Å². The summed E-state index contributed by atoms with van der Waals surface area (Å²) < 4.78 is 1.92. The third-order valence-corrected chi connectivity index (χ3v) is 5.62. The quantitative estimate of drug-likeness (QED) is 0.780. The van der Waals surface area contributed by atoms with E-state index in [9.17, 15) is 4.79 Å². The standard InChI is InChI=1S/C17H23N5OS/c1-21(14-6-4-3-5-7-14)15(23)12-24-17-20-19-16(22(17)2)13-8-10-18-11-9-13/h8-11,14H,3-7,12H2,1-2H3. The molecule has 0 N–H and O–H groups in total. The van der Waals surface area contributed by atoms with Crippen LogP contribution in [0.15, 0.2) is 29.7 Å². The highest BCUT2D eigenvalue weighted by Crippen LogP contribution is 2.24. The average molecular weight is 345 g/mol. The molecule has 6 nitrogen and oxygen atoms in total. The second-order valence-corrected chi connectivity index (χ2v) is 7.13. The lowest BCUT2D eigenvalue weighted by Crippen LogP contribution is -2.39. The molecule has 0 aromatic carbocycles. The summed E-state index contributed by atoms with van der Waals surface area (Å²) in [6.07, 6.45) is 9.48. The Morgan fingerprint density at radius 2 is 1.96 bits per heavy atom. The second-order valence-electron chi connectivity index (χ2n) is 6.19. The number of hydrogen-bond donors (Lipinski definition) is 0. The van der Waals surface area contributed by atoms with E-state index in [4.69, 9.17) is 0 Å². The molecule has 1 fully saturated rings. The van der Waals surface area contributed by atoms with E-state index in [1.54, 1.807) is 12.4 Å². The van der Waals surface area contributed by atoms with E-state index < -0.39 is 0 Å². The van der Waals surface area contributed by atoms with Crippen LogP contribution in [0.1, 0.15) is 32.1 Å². The first-order valence-electron chi connectivity index (χ1n) is 8.35. The molecule has 2 heterocycles. The van der Waals surface area contributed by atoms with Crippen LogP contribution < -0.4 is 0 Å². The van der Waals surface area contributed by atoms with E-state index in [0.29, 0.717) is 11.8 Å². The molecule has 0 aliphatic heterocycles. The molecule has 0 spiro atoms. The van der Waals surface area contributed by atoms with Crippen LogP contribution in [-0.4, -0.2) is 49.4 Å². The lowest BCUT2D eigenvalue weighted by molar-refractivity contribution is -0.129. The Bertz CT molecular complexity index is 682. The van der Waals surface area contributed by atoms with Gasteiger partial charge in [-0.05, 0) is 25.0 Å². The molecule has 1 aliphatic rings. The zero-order valence-corrected chi connectivity index (χ0v) is 15.0. The minimum atomic E-state index is 0.167. The fourth-order valence-corrected chi connectivity index (χ4v) is 3.93. The molecule has 0 atom stereocenters.